The van der Waals surface area contributed by atoms with Crippen LogP contribution in [0.4, 0.5) is 5.69 Å². The molecule has 1 aromatic rings. The summed E-state index contributed by atoms with van der Waals surface area (Å²) in [7, 11) is 1.64. The Morgan fingerprint density at radius 1 is 1.22 bits per heavy atom. The summed E-state index contributed by atoms with van der Waals surface area (Å²) in [5.74, 6) is 0.884. The van der Waals surface area contributed by atoms with Crippen LogP contribution in [0.15, 0.2) is 24.3 Å². The quantitative estimate of drug-likeness (QED) is 0.843. The predicted molar refractivity (Wildman–Crippen MR) is 74.0 cm³/mol. The van der Waals surface area contributed by atoms with Gasteiger partial charge in [0.05, 0.1) is 7.11 Å². The van der Waals surface area contributed by atoms with E-state index in [9.17, 15) is 4.79 Å². The van der Waals surface area contributed by atoms with Gasteiger partial charge in [0, 0.05) is 24.2 Å². The molecule has 0 aliphatic heterocycles. The Bertz CT molecular complexity index is 380. The maximum absolute atomic E-state index is 11.6. The van der Waals surface area contributed by atoms with E-state index in [1.54, 1.807) is 7.11 Å². The van der Waals surface area contributed by atoms with Gasteiger partial charge in [0.1, 0.15) is 5.75 Å². The Balaban J connectivity index is 2.30. The summed E-state index contributed by atoms with van der Waals surface area (Å²) in [5, 5.41) is 6.12. The lowest BCUT2D eigenvalue weighted by Gasteiger charge is -2.20. The zero-order valence-corrected chi connectivity index (χ0v) is 11.5. The fourth-order valence-electron chi connectivity index (χ4n) is 1.51. The van der Waals surface area contributed by atoms with Gasteiger partial charge in [0.25, 0.3) is 0 Å². The van der Waals surface area contributed by atoms with Gasteiger partial charge in [-0.3, -0.25) is 4.79 Å². The summed E-state index contributed by atoms with van der Waals surface area (Å²) in [6.45, 7) is 6.54. The van der Waals surface area contributed by atoms with Crippen molar-refractivity contribution in [1.82, 2.24) is 5.32 Å². The van der Waals surface area contributed by atoms with Crippen molar-refractivity contribution in [3.63, 3.8) is 0 Å². The first-order valence-corrected chi connectivity index (χ1v) is 6.09. The Labute approximate surface area is 109 Å². The van der Waals surface area contributed by atoms with Crippen LogP contribution in [0.3, 0.4) is 0 Å². The van der Waals surface area contributed by atoms with Gasteiger partial charge in [-0.1, -0.05) is 0 Å². The summed E-state index contributed by atoms with van der Waals surface area (Å²) in [6.07, 6.45) is 0.462. The number of benzene rings is 1. The first kappa shape index (κ1) is 14.4. The summed E-state index contributed by atoms with van der Waals surface area (Å²) >= 11 is 0. The van der Waals surface area contributed by atoms with Gasteiger partial charge in [-0.25, -0.2) is 0 Å². The van der Waals surface area contributed by atoms with Gasteiger partial charge >= 0.3 is 0 Å². The van der Waals surface area contributed by atoms with Crippen LogP contribution < -0.4 is 15.4 Å². The largest absolute Gasteiger partial charge is 0.497 e. The Hall–Kier alpha value is -1.71. The number of carbonyl (C=O) groups is 1. The van der Waals surface area contributed by atoms with Crippen LogP contribution in [0.2, 0.25) is 0 Å². The monoisotopic (exact) mass is 250 g/mol. The van der Waals surface area contributed by atoms with E-state index in [4.69, 9.17) is 4.74 Å². The highest BCUT2D eigenvalue weighted by Crippen LogP contribution is 2.14. The van der Waals surface area contributed by atoms with E-state index in [2.05, 4.69) is 10.6 Å². The lowest BCUT2D eigenvalue weighted by Crippen LogP contribution is -2.41. The highest BCUT2D eigenvalue weighted by Gasteiger charge is 2.12. The van der Waals surface area contributed by atoms with Crippen molar-refractivity contribution in [2.75, 3.05) is 19.0 Å². The zero-order valence-electron chi connectivity index (χ0n) is 11.5. The molecule has 1 aromatic carbocycles. The van der Waals surface area contributed by atoms with Crippen molar-refractivity contribution >= 4 is 11.6 Å². The van der Waals surface area contributed by atoms with E-state index >= 15 is 0 Å². The van der Waals surface area contributed by atoms with Gasteiger partial charge in [-0.2, -0.15) is 0 Å². The molecule has 0 radical (unpaired) electrons. The minimum absolute atomic E-state index is 0.0588. The summed E-state index contributed by atoms with van der Waals surface area (Å²) in [6, 6.07) is 7.64. The summed E-state index contributed by atoms with van der Waals surface area (Å²) in [4.78, 5) is 11.6. The second-order valence-corrected chi connectivity index (χ2v) is 5.20. The number of hydrogen-bond acceptors (Lipinski definition) is 3. The number of nitrogens with one attached hydrogen (secondary N) is 2. The second-order valence-electron chi connectivity index (χ2n) is 5.20. The lowest BCUT2D eigenvalue weighted by atomic mass is 10.1. The third-order valence-corrected chi connectivity index (χ3v) is 2.29. The minimum Gasteiger partial charge on any atom is -0.497 e. The van der Waals surface area contributed by atoms with E-state index in [-0.39, 0.29) is 11.4 Å². The third-order valence-electron chi connectivity index (χ3n) is 2.29. The molecule has 0 fully saturated rings. The number of anilines is 1. The first-order valence-electron chi connectivity index (χ1n) is 6.09. The predicted octanol–water partition coefficient (Wildman–Crippen LogP) is 2.41. The average molecular weight is 250 g/mol. The van der Waals surface area contributed by atoms with Crippen LogP contribution in [-0.2, 0) is 4.79 Å². The lowest BCUT2D eigenvalue weighted by molar-refractivity contribution is -0.122. The van der Waals surface area contributed by atoms with Crippen LogP contribution in [0.1, 0.15) is 27.2 Å². The molecule has 0 spiro atoms. The summed E-state index contributed by atoms with van der Waals surface area (Å²) < 4.78 is 5.07. The molecule has 1 rings (SSSR count). The third kappa shape index (κ3) is 5.57. The van der Waals surface area contributed by atoms with Crippen LogP contribution >= 0.6 is 0 Å². The maximum Gasteiger partial charge on any atom is 0.222 e. The first-order chi connectivity index (χ1) is 8.40. The molecule has 2 N–H and O–H groups in total. The van der Waals surface area contributed by atoms with Gasteiger partial charge in [0.15, 0.2) is 0 Å². The number of amides is 1. The molecule has 0 saturated heterocycles. The molecule has 0 heterocycles. The van der Waals surface area contributed by atoms with E-state index in [1.807, 2.05) is 45.0 Å². The molecule has 1 amide bonds. The van der Waals surface area contributed by atoms with Crippen molar-refractivity contribution in [1.29, 1.82) is 0 Å². The van der Waals surface area contributed by atoms with Crippen molar-refractivity contribution in [3.05, 3.63) is 24.3 Å². The smallest absolute Gasteiger partial charge is 0.222 e. The molecule has 0 aromatic heterocycles. The van der Waals surface area contributed by atoms with Crippen molar-refractivity contribution in [2.45, 2.75) is 32.7 Å². The molecule has 0 bridgehead atoms. The second kappa shape index (κ2) is 6.28. The molecule has 0 unspecified atom stereocenters. The highest BCUT2D eigenvalue weighted by atomic mass is 16.5. The molecule has 100 valence electrons. The van der Waals surface area contributed by atoms with Gasteiger partial charge in [-0.15, -0.1) is 0 Å². The van der Waals surface area contributed by atoms with Crippen LogP contribution in [0.5, 0.6) is 5.75 Å². The van der Waals surface area contributed by atoms with Gasteiger partial charge in [0.2, 0.25) is 5.91 Å². The maximum atomic E-state index is 11.6. The molecular formula is C14H22N2O2. The van der Waals surface area contributed by atoms with E-state index in [0.29, 0.717) is 13.0 Å². The van der Waals surface area contributed by atoms with Crippen molar-refractivity contribution in [2.24, 2.45) is 0 Å². The van der Waals surface area contributed by atoms with E-state index < -0.39 is 0 Å². The standard InChI is InChI=1S/C14H22N2O2/c1-14(2,3)16-13(17)9-10-15-11-5-7-12(18-4)8-6-11/h5-8,15H,9-10H2,1-4H3,(H,16,17). The number of ether oxygens (including phenoxy) is 1. The number of carbonyl (C=O) groups excluding carboxylic acids is 1. The molecule has 4 nitrogen and oxygen atoms in total. The molecule has 4 heteroatoms. The molecule has 0 saturated carbocycles. The normalized spacial score (nSPS) is 10.9. The van der Waals surface area contributed by atoms with Crippen LogP contribution in [-0.4, -0.2) is 25.1 Å². The Kier molecular flexibility index (Phi) is 5.01. The molecule has 18 heavy (non-hydrogen) atoms. The van der Waals surface area contributed by atoms with Gasteiger partial charge in [-0.05, 0) is 45.0 Å². The molecule has 0 atom stereocenters. The minimum atomic E-state index is -0.169. The van der Waals surface area contributed by atoms with Crippen molar-refractivity contribution in [3.8, 4) is 5.75 Å². The van der Waals surface area contributed by atoms with E-state index in [1.165, 1.54) is 0 Å². The summed E-state index contributed by atoms with van der Waals surface area (Å²) in [5.41, 5.74) is 0.816. The average Bonchev–Trinajstić information content (AvgIpc) is 2.27. The molecule has 0 aliphatic rings. The Morgan fingerprint density at radius 3 is 2.33 bits per heavy atom. The number of methoxy groups -OCH3 is 1. The fraction of sp³-hybridized carbons (Fsp3) is 0.500. The van der Waals surface area contributed by atoms with E-state index in [0.717, 1.165) is 11.4 Å². The van der Waals surface area contributed by atoms with Crippen LogP contribution in [0.25, 0.3) is 0 Å². The Morgan fingerprint density at radius 2 is 1.83 bits per heavy atom. The number of hydrogen-bond donors (Lipinski definition) is 2. The highest BCUT2D eigenvalue weighted by molar-refractivity contribution is 5.77. The zero-order chi connectivity index (χ0) is 13.6. The van der Waals surface area contributed by atoms with Crippen molar-refractivity contribution < 1.29 is 9.53 Å². The number of rotatable bonds is 5. The van der Waals surface area contributed by atoms with Gasteiger partial charge < -0.3 is 15.4 Å². The fourth-order valence-corrected chi connectivity index (χ4v) is 1.51. The molecule has 0 aliphatic carbocycles. The SMILES string of the molecule is COc1ccc(NCCC(=O)NC(C)(C)C)cc1. The topological polar surface area (TPSA) is 50.4 Å². The van der Waals surface area contributed by atoms with Crippen LogP contribution in [0, 0.1) is 0 Å². The molecular weight excluding hydrogens is 228 g/mol.